The van der Waals surface area contributed by atoms with Crippen LogP contribution in [0.4, 0.5) is 0 Å². The van der Waals surface area contributed by atoms with Gasteiger partial charge >= 0.3 is 0 Å². The molecule has 5 nitrogen and oxygen atoms in total. The van der Waals surface area contributed by atoms with Crippen LogP contribution in [0.5, 0.6) is 5.75 Å². The summed E-state index contributed by atoms with van der Waals surface area (Å²) >= 11 is 0. The van der Waals surface area contributed by atoms with Gasteiger partial charge in [0.1, 0.15) is 11.9 Å². The number of nitrogens with one attached hydrogen (secondary N) is 1. The Bertz CT molecular complexity index is 444. The SMILES string of the molecule is COc1ccc(C(O)CNC(=O)C(C)OCCC(C)C)cc1. The minimum absolute atomic E-state index is 0.156. The first kappa shape index (κ1) is 18.5. The Morgan fingerprint density at radius 1 is 1.23 bits per heavy atom. The van der Waals surface area contributed by atoms with Crippen LogP contribution in [0.25, 0.3) is 0 Å². The molecule has 5 heteroatoms. The summed E-state index contributed by atoms with van der Waals surface area (Å²) in [5.74, 6) is 1.07. The number of hydrogen-bond acceptors (Lipinski definition) is 4. The summed E-state index contributed by atoms with van der Waals surface area (Å²) in [6.45, 7) is 6.66. The van der Waals surface area contributed by atoms with Gasteiger partial charge in [-0.15, -0.1) is 0 Å². The van der Waals surface area contributed by atoms with E-state index in [4.69, 9.17) is 9.47 Å². The molecule has 1 amide bonds. The standard InChI is InChI=1S/C17H27NO4/c1-12(2)9-10-22-13(3)17(20)18-11-16(19)14-5-7-15(21-4)8-6-14/h5-8,12-13,16,19H,9-11H2,1-4H3,(H,18,20). The smallest absolute Gasteiger partial charge is 0.248 e. The summed E-state index contributed by atoms with van der Waals surface area (Å²) in [7, 11) is 1.59. The summed E-state index contributed by atoms with van der Waals surface area (Å²) in [5, 5.41) is 12.8. The van der Waals surface area contributed by atoms with Crippen molar-refractivity contribution in [1.29, 1.82) is 0 Å². The second-order valence-corrected chi connectivity index (χ2v) is 5.73. The third-order valence-electron chi connectivity index (χ3n) is 3.40. The highest BCUT2D eigenvalue weighted by atomic mass is 16.5. The topological polar surface area (TPSA) is 67.8 Å². The van der Waals surface area contributed by atoms with E-state index in [1.807, 2.05) is 0 Å². The number of ether oxygens (including phenoxy) is 2. The number of rotatable bonds is 9. The summed E-state index contributed by atoms with van der Waals surface area (Å²) in [5.41, 5.74) is 0.731. The van der Waals surface area contributed by atoms with Gasteiger partial charge in [-0.2, -0.15) is 0 Å². The van der Waals surface area contributed by atoms with Crippen LogP contribution in [0.3, 0.4) is 0 Å². The van der Waals surface area contributed by atoms with Crippen molar-refractivity contribution in [1.82, 2.24) is 5.32 Å². The van der Waals surface area contributed by atoms with Crippen molar-refractivity contribution in [3.8, 4) is 5.75 Å². The molecule has 0 heterocycles. The second-order valence-electron chi connectivity index (χ2n) is 5.73. The van der Waals surface area contributed by atoms with Gasteiger partial charge in [0.2, 0.25) is 5.91 Å². The van der Waals surface area contributed by atoms with Gasteiger partial charge in [0, 0.05) is 13.2 Å². The van der Waals surface area contributed by atoms with Crippen LogP contribution < -0.4 is 10.1 Å². The molecule has 0 radical (unpaired) electrons. The lowest BCUT2D eigenvalue weighted by Crippen LogP contribution is -2.37. The minimum Gasteiger partial charge on any atom is -0.497 e. The monoisotopic (exact) mass is 309 g/mol. The number of carbonyl (C=O) groups excluding carboxylic acids is 1. The van der Waals surface area contributed by atoms with Crippen molar-refractivity contribution in [3.63, 3.8) is 0 Å². The lowest BCUT2D eigenvalue weighted by Gasteiger charge is -2.16. The summed E-state index contributed by atoms with van der Waals surface area (Å²) in [6.07, 6.45) is -0.342. The molecule has 2 unspecified atom stereocenters. The maximum absolute atomic E-state index is 11.9. The largest absolute Gasteiger partial charge is 0.497 e. The van der Waals surface area contributed by atoms with Crippen LogP contribution in [0.1, 0.15) is 38.9 Å². The average Bonchev–Trinajstić information content (AvgIpc) is 2.51. The third-order valence-corrected chi connectivity index (χ3v) is 3.40. The van der Waals surface area contributed by atoms with E-state index in [-0.39, 0.29) is 12.5 Å². The van der Waals surface area contributed by atoms with E-state index in [1.54, 1.807) is 38.3 Å². The summed E-state index contributed by atoms with van der Waals surface area (Å²) in [6, 6.07) is 7.10. The third kappa shape index (κ3) is 6.45. The van der Waals surface area contributed by atoms with E-state index in [0.717, 1.165) is 17.7 Å². The number of hydrogen-bond donors (Lipinski definition) is 2. The molecule has 2 atom stereocenters. The van der Waals surface area contributed by atoms with Crippen LogP contribution in [-0.4, -0.2) is 37.4 Å². The van der Waals surface area contributed by atoms with Gasteiger partial charge in [-0.05, 0) is 37.0 Å². The van der Waals surface area contributed by atoms with Crippen molar-refractivity contribution < 1.29 is 19.4 Å². The van der Waals surface area contributed by atoms with Crippen molar-refractivity contribution in [2.45, 2.75) is 39.4 Å². The Hall–Kier alpha value is -1.59. The Labute approximate surface area is 132 Å². The Morgan fingerprint density at radius 2 is 1.86 bits per heavy atom. The van der Waals surface area contributed by atoms with E-state index < -0.39 is 12.2 Å². The molecule has 124 valence electrons. The van der Waals surface area contributed by atoms with Crippen molar-refractivity contribution in [2.75, 3.05) is 20.3 Å². The zero-order chi connectivity index (χ0) is 16.5. The van der Waals surface area contributed by atoms with Crippen LogP contribution >= 0.6 is 0 Å². The van der Waals surface area contributed by atoms with Gasteiger partial charge in [0.25, 0.3) is 0 Å². The molecule has 1 aromatic carbocycles. The molecule has 0 aliphatic carbocycles. The number of aliphatic hydroxyl groups excluding tert-OH is 1. The van der Waals surface area contributed by atoms with Gasteiger partial charge in [-0.25, -0.2) is 0 Å². The maximum atomic E-state index is 11.9. The predicted octanol–water partition coefficient (Wildman–Crippen LogP) is 2.30. The Kier molecular flexibility index (Phi) is 7.91. The fourth-order valence-corrected chi connectivity index (χ4v) is 1.84. The molecule has 0 bridgehead atoms. The first-order valence-electron chi connectivity index (χ1n) is 7.65. The first-order valence-corrected chi connectivity index (χ1v) is 7.65. The molecule has 22 heavy (non-hydrogen) atoms. The fourth-order valence-electron chi connectivity index (χ4n) is 1.84. The summed E-state index contributed by atoms with van der Waals surface area (Å²) in [4.78, 5) is 11.9. The molecular weight excluding hydrogens is 282 g/mol. The van der Waals surface area contributed by atoms with E-state index in [1.165, 1.54) is 0 Å². The molecule has 0 aromatic heterocycles. The second kappa shape index (κ2) is 9.43. The normalized spacial score (nSPS) is 13.7. The fraction of sp³-hybridized carbons (Fsp3) is 0.588. The molecule has 0 aliphatic heterocycles. The van der Waals surface area contributed by atoms with Crippen LogP contribution in [0.15, 0.2) is 24.3 Å². The average molecular weight is 309 g/mol. The molecule has 0 saturated heterocycles. The van der Waals surface area contributed by atoms with Gasteiger partial charge < -0.3 is 19.9 Å². The van der Waals surface area contributed by atoms with Gasteiger partial charge in [-0.3, -0.25) is 4.79 Å². The lowest BCUT2D eigenvalue weighted by molar-refractivity contribution is -0.132. The minimum atomic E-state index is -0.752. The van der Waals surface area contributed by atoms with Crippen molar-refractivity contribution in [2.24, 2.45) is 5.92 Å². The van der Waals surface area contributed by atoms with E-state index in [2.05, 4.69) is 19.2 Å². The van der Waals surface area contributed by atoms with Crippen LogP contribution in [-0.2, 0) is 9.53 Å². The maximum Gasteiger partial charge on any atom is 0.248 e. The van der Waals surface area contributed by atoms with Gasteiger partial charge in [0.05, 0.1) is 13.2 Å². The first-order chi connectivity index (χ1) is 10.4. The Balaban J connectivity index is 2.35. The molecule has 0 spiro atoms. The van der Waals surface area contributed by atoms with Crippen LogP contribution in [0.2, 0.25) is 0 Å². The van der Waals surface area contributed by atoms with Crippen molar-refractivity contribution in [3.05, 3.63) is 29.8 Å². The molecule has 1 aromatic rings. The van der Waals surface area contributed by atoms with E-state index >= 15 is 0 Å². The zero-order valence-corrected chi connectivity index (χ0v) is 13.8. The highest BCUT2D eigenvalue weighted by Crippen LogP contribution is 2.17. The van der Waals surface area contributed by atoms with Gasteiger partial charge in [-0.1, -0.05) is 26.0 Å². The number of benzene rings is 1. The lowest BCUT2D eigenvalue weighted by atomic mass is 10.1. The quantitative estimate of drug-likeness (QED) is 0.734. The predicted molar refractivity (Wildman–Crippen MR) is 85.8 cm³/mol. The molecule has 2 N–H and O–H groups in total. The van der Waals surface area contributed by atoms with E-state index in [0.29, 0.717) is 12.5 Å². The molecule has 0 fully saturated rings. The van der Waals surface area contributed by atoms with Gasteiger partial charge in [0.15, 0.2) is 0 Å². The molecule has 0 aliphatic rings. The molecular formula is C17H27NO4. The van der Waals surface area contributed by atoms with E-state index in [9.17, 15) is 9.90 Å². The highest BCUT2D eigenvalue weighted by molar-refractivity contribution is 5.80. The summed E-state index contributed by atoms with van der Waals surface area (Å²) < 4.78 is 10.5. The molecule has 1 rings (SSSR count). The highest BCUT2D eigenvalue weighted by Gasteiger charge is 2.15. The van der Waals surface area contributed by atoms with Crippen molar-refractivity contribution >= 4 is 5.91 Å². The zero-order valence-electron chi connectivity index (χ0n) is 13.8. The Morgan fingerprint density at radius 3 is 2.41 bits per heavy atom. The number of amides is 1. The number of aliphatic hydroxyl groups is 1. The number of carbonyl (C=O) groups is 1. The molecule has 0 saturated carbocycles. The van der Waals surface area contributed by atoms with Crippen LogP contribution in [0, 0.1) is 5.92 Å². The number of methoxy groups -OCH3 is 1.